The third-order valence-electron chi connectivity index (χ3n) is 2.52. The summed E-state index contributed by atoms with van der Waals surface area (Å²) in [5.41, 5.74) is 7.27. The second-order valence-corrected chi connectivity index (χ2v) is 4.75. The number of anilines is 1. The Balaban J connectivity index is 2.17. The Morgan fingerprint density at radius 2 is 2.05 bits per heavy atom. The van der Waals surface area contributed by atoms with Gasteiger partial charge in [0, 0.05) is 15.7 Å². The van der Waals surface area contributed by atoms with Crippen molar-refractivity contribution >= 4 is 21.6 Å². The number of hydrogen-bond acceptors (Lipinski definition) is 3. The predicted octanol–water partition coefficient (Wildman–Crippen LogP) is 3.62. The normalized spacial score (nSPS) is 9.95. The number of nitrogen functional groups attached to an aromatic ring is 1. The molecule has 2 aromatic rings. The fraction of sp³-hybridized carbons (Fsp3) is 0.0714. The maximum Gasteiger partial charge on any atom is 0.137 e. The number of ether oxygens (including phenoxy) is 1. The first-order valence-electron chi connectivity index (χ1n) is 5.46. The van der Waals surface area contributed by atoms with Gasteiger partial charge in [-0.25, -0.2) is 4.39 Å². The highest BCUT2D eigenvalue weighted by Crippen LogP contribution is 2.24. The smallest absolute Gasteiger partial charge is 0.137 e. The van der Waals surface area contributed by atoms with E-state index in [-0.39, 0.29) is 12.4 Å². The molecule has 3 nitrogen and oxygen atoms in total. The van der Waals surface area contributed by atoms with E-state index in [2.05, 4.69) is 15.9 Å². The van der Waals surface area contributed by atoms with Crippen LogP contribution in [0, 0.1) is 17.1 Å². The van der Waals surface area contributed by atoms with Crippen LogP contribution in [0.4, 0.5) is 10.1 Å². The summed E-state index contributed by atoms with van der Waals surface area (Å²) in [6.07, 6.45) is 0. The van der Waals surface area contributed by atoms with E-state index in [0.717, 1.165) is 5.56 Å². The van der Waals surface area contributed by atoms with Crippen LogP contribution in [0.3, 0.4) is 0 Å². The Kier molecular flexibility index (Phi) is 4.03. The van der Waals surface area contributed by atoms with Gasteiger partial charge >= 0.3 is 0 Å². The van der Waals surface area contributed by atoms with Crippen molar-refractivity contribution in [1.82, 2.24) is 0 Å². The van der Waals surface area contributed by atoms with E-state index in [9.17, 15) is 4.39 Å². The molecule has 0 aliphatic carbocycles. The van der Waals surface area contributed by atoms with Gasteiger partial charge in [-0.3, -0.25) is 0 Å². The summed E-state index contributed by atoms with van der Waals surface area (Å²) in [5, 5.41) is 8.99. The molecule has 19 heavy (non-hydrogen) atoms. The number of halogens is 2. The van der Waals surface area contributed by atoms with Crippen LogP contribution in [-0.2, 0) is 6.61 Å². The van der Waals surface area contributed by atoms with Crippen LogP contribution in [0.15, 0.2) is 40.9 Å². The fourth-order valence-electron chi connectivity index (χ4n) is 1.56. The molecule has 0 spiro atoms. The SMILES string of the molecule is N#Cc1cc(N)ccc1OCc1ccc(F)cc1Br. The van der Waals surface area contributed by atoms with E-state index < -0.39 is 0 Å². The minimum absolute atomic E-state index is 0.236. The zero-order valence-corrected chi connectivity index (χ0v) is 11.4. The predicted molar refractivity (Wildman–Crippen MR) is 74.0 cm³/mol. The van der Waals surface area contributed by atoms with Crippen molar-refractivity contribution in [2.45, 2.75) is 6.61 Å². The van der Waals surface area contributed by atoms with Crippen molar-refractivity contribution < 1.29 is 9.13 Å². The van der Waals surface area contributed by atoms with Crippen molar-refractivity contribution in [1.29, 1.82) is 5.26 Å². The highest BCUT2D eigenvalue weighted by molar-refractivity contribution is 9.10. The zero-order valence-electron chi connectivity index (χ0n) is 9.86. The minimum atomic E-state index is -0.319. The van der Waals surface area contributed by atoms with E-state index in [1.807, 2.05) is 6.07 Å². The van der Waals surface area contributed by atoms with E-state index >= 15 is 0 Å². The Hall–Kier alpha value is -2.06. The van der Waals surface area contributed by atoms with E-state index in [4.69, 9.17) is 15.7 Å². The summed E-state index contributed by atoms with van der Waals surface area (Å²) in [5.74, 6) is 0.133. The standard InChI is InChI=1S/C14H10BrFN2O/c15-13-6-11(16)2-1-9(13)8-19-14-4-3-12(18)5-10(14)7-17/h1-6H,8,18H2. The molecule has 0 radical (unpaired) electrons. The summed E-state index contributed by atoms with van der Waals surface area (Å²) in [6, 6.07) is 11.2. The largest absolute Gasteiger partial charge is 0.487 e. The van der Waals surface area contributed by atoms with Crippen LogP contribution in [-0.4, -0.2) is 0 Å². The topological polar surface area (TPSA) is 59.0 Å². The summed E-state index contributed by atoms with van der Waals surface area (Å²) in [7, 11) is 0. The molecule has 96 valence electrons. The molecule has 0 bridgehead atoms. The van der Waals surface area contributed by atoms with Crippen LogP contribution in [0.2, 0.25) is 0 Å². The molecule has 0 saturated carbocycles. The molecule has 0 saturated heterocycles. The lowest BCUT2D eigenvalue weighted by Gasteiger charge is -2.09. The first kappa shape index (κ1) is 13.4. The second kappa shape index (κ2) is 5.72. The number of nitrogens with zero attached hydrogens (tertiary/aromatic N) is 1. The molecular weight excluding hydrogens is 311 g/mol. The van der Waals surface area contributed by atoms with Crippen molar-refractivity contribution in [3.63, 3.8) is 0 Å². The van der Waals surface area contributed by atoms with E-state index in [1.54, 1.807) is 24.3 Å². The maximum absolute atomic E-state index is 12.9. The van der Waals surface area contributed by atoms with Crippen LogP contribution in [0.25, 0.3) is 0 Å². The maximum atomic E-state index is 12.9. The number of benzene rings is 2. The third kappa shape index (κ3) is 3.24. The first-order valence-corrected chi connectivity index (χ1v) is 6.26. The molecule has 0 atom stereocenters. The number of nitriles is 1. The molecule has 0 aliphatic heterocycles. The summed E-state index contributed by atoms with van der Waals surface area (Å²) < 4.78 is 19.1. The van der Waals surface area contributed by atoms with Crippen molar-refractivity contribution in [3.8, 4) is 11.8 Å². The van der Waals surface area contributed by atoms with Gasteiger partial charge in [-0.15, -0.1) is 0 Å². The van der Waals surface area contributed by atoms with Crippen LogP contribution in [0.1, 0.15) is 11.1 Å². The lowest BCUT2D eigenvalue weighted by Crippen LogP contribution is -1.99. The van der Waals surface area contributed by atoms with Gasteiger partial charge in [-0.05, 0) is 30.3 Å². The van der Waals surface area contributed by atoms with E-state index in [0.29, 0.717) is 21.5 Å². The lowest BCUT2D eigenvalue weighted by atomic mass is 10.2. The molecule has 0 fully saturated rings. The zero-order chi connectivity index (χ0) is 13.8. The van der Waals surface area contributed by atoms with Crippen LogP contribution >= 0.6 is 15.9 Å². The molecule has 2 aromatic carbocycles. The Morgan fingerprint density at radius 1 is 1.26 bits per heavy atom. The lowest BCUT2D eigenvalue weighted by molar-refractivity contribution is 0.304. The van der Waals surface area contributed by atoms with Gasteiger partial charge in [0.1, 0.15) is 24.2 Å². The second-order valence-electron chi connectivity index (χ2n) is 3.89. The molecule has 5 heteroatoms. The van der Waals surface area contributed by atoms with E-state index in [1.165, 1.54) is 12.1 Å². The van der Waals surface area contributed by atoms with Gasteiger partial charge in [0.25, 0.3) is 0 Å². The monoisotopic (exact) mass is 320 g/mol. The van der Waals surface area contributed by atoms with Gasteiger partial charge in [0.2, 0.25) is 0 Å². The molecule has 0 amide bonds. The first-order chi connectivity index (χ1) is 9.10. The van der Waals surface area contributed by atoms with Gasteiger partial charge in [0.15, 0.2) is 0 Å². The third-order valence-corrected chi connectivity index (χ3v) is 3.26. The van der Waals surface area contributed by atoms with Crippen molar-refractivity contribution in [2.75, 3.05) is 5.73 Å². The molecule has 0 unspecified atom stereocenters. The van der Waals surface area contributed by atoms with Crippen LogP contribution < -0.4 is 10.5 Å². The average Bonchev–Trinajstić information content (AvgIpc) is 2.39. The van der Waals surface area contributed by atoms with Crippen molar-refractivity contribution in [2.24, 2.45) is 0 Å². The summed E-state index contributed by atoms with van der Waals surface area (Å²) >= 11 is 3.26. The Morgan fingerprint density at radius 3 is 2.74 bits per heavy atom. The van der Waals surface area contributed by atoms with Gasteiger partial charge in [-0.2, -0.15) is 5.26 Å². The Bertz CT molecular complexity index is 652. The Labute approximate surface area is 118 Å². The van der Waals surface area contributed by atoms with Crippen molar-refractivity contribution in [3.05, 3.63) is 57.8 Å². The van der Waals surface area contributed by atoms with Gasteiger partial charge in [-0.1, -0.05) is 22.0 Å². The minimum Gasteiger partial charge on any atom is -0.487 e. The summed E-state index contributed by atoms with van der Waals surface area (Å²) in [4.78, 5) is 0. The van der Waals surface area contributed by atoms with Gasteiger partial charge < -0.3 is 10.5 Å². The number of nitrogens with two attached hydrogens (primary N) is 1. The van der Waals surface area contributed by atoms with Gasteiger partial charge in [0.05, 0.1) is 5.56 Å². The average molecular weight is 321 g/mol. The summed E-state index contributed by atoms with van der Waals surface area (Å²) in [6.45, 7) is 0.236. The number of hydrogen-bond donors (Lipinski definition) is 1. The molecule has 0 aromatic heterocycles. The van der Waals surface area contributed by atoms with Crippen LogP contribution in [0.5, 0.6) is 5.75 Å². The molecule has 0 heterocycles. The molecular formula is C14H10BrFN2O. The highest BCUT2D eigenvalue weighted by atomic mass is 79.9. The number of rotatable bonds is 3. The molecule has 2 rings (SSSR count). The molecule has 0 aliphatic rings. The molecule has 2 N–H and O–H groups in total. The quantitative estimate of drug-likeness (QED) is 0.879. The highest BCUT2D eigenvalue weighted by Gasteiger charge is 2.06. The fourth-order valence-corrected chi connectivity index (χ4v) is 2.02.